The molecule has 0 saturated heterocycles. The molecule has 0 aliphatic rings. The molecule has 6 nitrogen and oxygen atoms in total. The molecular formula is C12H17N3O3. The maximum atomic E-state index is 11.3. The number of nitrogens with one attached hydrogen (secondary N) is 1. The van der Waals surface area contributed by atoms with Gasteiger partial charge in [-0.25, -0.2) is 0 Å². The van der Waals surface area contributed by atoms with Crippen LogP contribution in [0, 0.1) is 0 Å². The second-order valence-corrected chi connectivity index (χ2v) is 3.95. The van der Waals surface area contributed by atoms with Gasteiger partial charge in [0.1, 0.15) is 6.54 Å². The van der Waals surface area contributed by atoms with Crippen molar-refractivity contribution in [2.24, 2.45) is 10.9 Å². The monoisotopic (exact) mass is 251 g/mol. The second kappa shape index (κ2) is 6.48. The van der Waals surface area contributed by atoms with Crippen molar-refractivity contribution < 1.29 is 14.7 Å². The molecule has 0 atom stereocenters. The van der Waals surface area contributed by atoms with E-state index in [9.17, 15) is 4.79 Å². The third kappa shape index (κ3) is 4.32. The first kappa shape index (κ1) is 13.8. The molecule has 0 aliphatic heterocycles. The van der Waals surface area contributed by atoms with Crippen molar-refractivity contribution in [3.63, 3.8) is 0 Å². The van der Waals surface area contributed by atoms with Gasteiger partial charge in [0.05, 0.1) is 6.10 Å². The Hall–Kier alpha value is -2.24. The number of carbonyl (C=O) groups excluding carboxylic acids is 1. The average molecular weight is 251 g/mol. The van der Waals surface area contributed by atoms with Crippen LogP contribution in [-0.4, -0.2) is 29.7 Å². The Morgan fingerprint density at radius 2 is 2.06 bits per heavy atom. The fraction of sp³-hybridized carbons (Fsp3) is 0.333. The molecule has 0 aromatic heterocycles. The Kier molecular flexibility index (Phi) is 4.98. The number of benzene rings is 1. The molecule has 0 bridgehead atoms. The highest BCUT2D eigenvalue weighted by Crippen LogP contribution is 2.09. The van der Waals surface area contributed by atoms with Crippen LogP contribution in [0.5, 0.6) is 0 Å². The Morgan fingerprint density at radius 3 is 2.56 bits per heavy atom. The van der Waals surface area contributed by atoms with E-state index in [2.05, 4.69) is 10.5 Å². The van der Waals surface area contributed by atoms with Crippen LogP contribution in [0.15, 0.2) is 29.4 Å². The van der Waals surface area contributed by atoms with Gasteiger partial charge in [0.2, 0.25) is 0 Å². The van der Waals surface area contributed by atoms with E-state index in [1.165, 1.54) is 0 Å². The fourth-order valence-corrected chi connectivity index (χ4v) is 1.30. The van der Waals surface area contributed by atoms with E-state index in [0.717, 1.165) is 5.69 Å². The molecule has 0 spiro atoms. The number of hydrogen-bond donors (Lipinski definition) is 3. The van der Waals surface area contributed by atoms with Crippen molar-refractivity contribution in [2.75, 3.05) is 11.9 Å². The zero-order valence-electron chi connectivity index (χ0n) is 10.4. The Balaban J connectivity index is 2.52. The number of esters is 1. The summed E-state index contributed by atoms with van der Waals surface area (Å²) in [6.07, 6.45) is -0.123. The van der Waals surface area contributed by atoms with Crippen LogP contribution in [0.3, 0.4) is 0 Å². The molecule has 1 rings (SSSR count). The van der Waals surface area contributed by atoms with Crippen molar-refractivity contribution in [1.29, 1.82) is 0 Å². The molecule has 0 fully saturated rings. The van der Waals surface area contributed by atoms with E-state index in [1.807, 2.05) is 0 Å². The van der Waals surface area contributed by atoms with Crippen LogP contribution in [-0.2, 0) is 9.53 Å². The minimum absolute atomic E-state index is 0.0424. The van der Waals surface area contributed by atoms with Crippen molar-refractivity contribution in [1.82, 2.24) is 0 Å². The Labute approximate surface area is 105 Å². The minimum Gasteiger partial charge on any atom is -0.462 e. The van der Waals surface area contributed by atoms with Gasteiger partial charge in [0.25, 0.3) is 0 Å². The lowest BCUT2D eigenvalue weighted by Crippen LogP contribution is -2.20. The number of carbonyl (C=O) groups is 1. The van der Waals surface area contributed by atoms with Gasteiger partial charge in [0, 0.05) is 11.3 Å². The molecule has 0 saturated carbocycles. The fourth-order valence-electron chi connectivity index (χ4n) is 1.30. The van der Waals surface area contributed by atoms with E-state index >= 15 is 0 Å². The summed E-state index contributed by atoms with van der Waals surface area (Å²) in [5, 5.41) is 14.3. The highest BCUT2D eigenvalue weighted by molar-refractivity contribution is 5.97. The lowest BCUT2D eigenvalue weighted by atomic mass is 10.2. The molecule has 0 heterocycles. The average Bonchev–Trinajstić information content (AvgIpc) is 2.35. The summed E-state index contributed by atoms with van der Waals surface area (Å²) in [5.74, 6) is -0.272. The van der Waals surface area contributed by atoms with Crippen molar-refractivity contribution in [3.05, 3.63) is 29.8 Å². The molecule has 18 heavy (non-hydrogen) atoms. The van der Waals surface area contributed by atoms with E-state index in [4.69, 9.17) is 15.7 Å². The number of nitrogens with zero attached hydrogens (tertiary/aromatic N) is 1. The zero-order chi connectivity index (χ0) is 13.5. The molecular weight excluding hydrogens is 234 g/mol. The molecule has 6 heteroatoms. The van der Waals surface area contributed by atoms with Crippen LogP contribution in [0.1, 0.15) is 19.4 Å². The number of hydrogen-bond acceptors (Lipinski definition) is 5. The summed E-state index contributed by atoms with van der Waals surface area (Å²) in [4.78, 5) is 11.3. The summed E-state index contributed by atoms with van der Waals surface area (Å²) in [6.45, 7) is 3.69. The van der Waals surface area contributed by atoms with Crippen LogP contribution in [0.4, 0.5) is 5.69 Å². The van der Waals surface area contributed by atoms with E-state index in [1.54, 1.807) is 38.1 Å². The number of rotatable bonds is 5. The maximum absolute atomic E-state index is 11.3. The first-order chi connectivity index (χ1) is 8.52. The van der Waals surface area contributed by atoms with Crippen LogP contribution in [0.25, 0.3) is 0 Å². The second-order valence-electron chi connectivity index (χ2n) is 3.95. The van der Waals surface area contributed by atoms with Gasteiger partial charge in [-0.3, -0.25) is 4.79 Å². The van der Waals surface area contributed by atoms with Crippen molar-refractivity contribution >= 4 is 17.5 Å². The lowest BCUT2D eigenvalue weighted by molar-refractivity contribution is -0.145. The van der Waals surface area contributed by atoms with Gasteiger partial charge in [-0.05, 0) is 38.1 Å². The van der Waals surface area contributed by atoms with Crippen LogP contribution in [0.2, 0.25) is 0 Å². The highest BCUT2D eigenvalue weighted by atomic mass is 16.5. The normalized spacial score (nSPS) is 11.4. The molecule has 1 aromatic rings. The molecule has 0 radical (unpaired) electrons. The van der Waals surface area contributed by atoms with Gasteiger partial charge in [-0.15, -0.1) is 0 Å². The molecule has 0 amide bonds. The summed E-state index contributed by atoms with van der Waals surface area (Å²) >= 11 is 0. The summed E-state index contributed by atoms with van der Waals surface area (Å²) in [7, 11) is 0. The molecule has 0 aliphatic carbocycles. The Morgan fingerprint density at radius 1 is 1.44 bits per heavy atom. The summed E-state index contributed by atoms with van der Waals surface area (Å²) in [5.41, 5.74) is 6.79. The van der Waals surface area contributed by atoms with E-state index in [-0.39, 0.29) is 24.5 Å². The number of amidine groups is 1. The predicted octanol–water partition coefficient (Wildman–Crippen LogP) is 1.14. The molecule has 0 unspecified atom stereocenters. The zero-order valence-corrected chi connectivity index (χ0v) is 10.4. The maximum Gasteiger partial charge on any atom is 0.325 e. The third-order valence-corrected chi connectivity index (χ3v) is 2.09. The molecule has 1 aromatic carbocycles. The van der Waals surface area contributed by atoms with Gasteiger partial charge in [0.15, 0.2) is 5.84 Å². The first-order valence-corrected chi connectivity index (χ1v) is 5.54. The summed E-state index contributed by atoms with van der Waals surface area (Å²) < 4.78 is 4.98. The van der Waals surface area contributed by atoms with Crippen molar-refractivity contribution in [3.8, 4) is 0 Å². The third-order valence-electron chi connectivity index (χ3n) is 2.09. The topological polar surface area (TPSA) is 96.9 Å². The van der Waals surface area contributed by atoms with Crippen LogP contribution < -0.4 is 11.1 Å². The number of oxime groups is 1. The smallest absolute Gasteiger partial charge is 0.325 e. The molecule has 4 N–H and O–H groups in total. The van der Waals surface area contributed by atoms with Gasteiger partial charge in [-0.1, -0.05) is 5.16 Å². The number of nitrogens with two attached hydrogens (primary N) is 1. The van der Waals surface area contributed by atoms with Gasteiger partial charge in [-0.2, -0.15) is 0 Å². The molecule has 98 valence electrons. The minimum atomic E-state index is -0.314. The SMILES string of the molecule is CC(C)OC(=O)CNc1ccc(/C(N)=N/O)cc1. The lowest BCUT2D eigenvalue weighted by Gasteiger charge is -2.09. The van der Waals surface area contributed by atoms with Gasteiger partial charge < -0.3 is 21.0 Å². The predicted molar refractivity (Wildman–Crippen MR) is 68.7 cm³/mol. The number of anilines is 1. The van der Waals surface area contributed by atoms with Gasteiger partial charge >= 0.3 is 5.97 Å². The Bertz CT molecular complexity index is 427. The largest absolute Gasteiger partial charge is 0.462 e. The van der Waals surface area contributed by atoms with E-state index < -0.39 is 0 Å². The van der Waals surface area contributed by atoms with Crippen LogP contribution >= 0.6 is 0 Å². The number of ether oxygens (including phenoxy) is 1. The van der Waals surface area contributed by atoms with Crippen molar-refractivity contribution in [2.45, 2.75) is 20.0 Å². The quantitative estimate of drug-likeness (QED) is 0.240. The first-order valence-electron chi connectivity index (χ1n) is 5.54. The standard InChI is InChI=1S/C12H17N3O3/c1-8(2)18-11(16)7-14-10-5-3-9(4-6-10)12(13)15-17/h3-6,8,14,17H,7H2,1-2H3,(H2,13,15). The van der Waals surface area contributed by atoms with E-state index in [0.29, 0.717) is 5.56 Å². The summed E-state index contributed by atoms with van der Waals surface area (Å²) in [6, 6.07) is 6.84. The highest BCUT2D eigenvalue weighted by Gasteiger charge is 2.05.